The molecule has 0 spiro atoms. The predicted octanol–water partition coefficient (Wildman–Crippen LogP) is 1.25. The van der Waals surface area contributed by atoms with Gasteiger partial charge in [-0.2, -0.15) is 0 Å². The minimum absolute atomic E-state index is 0.0230. The lowest BCUT2D eigenvalue weighted by Crippen LogP contribution is -2.19. The maximum Gasteiger partial charge on any atom is 0.284 e. The summed E-state index contributed by atoms with van der Waals surface area (Å²) in [5.41, 5.74) is 0. The van der Waals surface area contributed by atoms with E-state index >= 15 is 0 Å². The van der Waals surface area contributed by atoms with E-state index in [2.05, 4.69) is 17.2 Å². The van der Waals surface area contributed by atoms with E-state index in [1.165, 1.54) is 11.8 Å². The standard InChI is InChI=1S/C6H10N2OS/c1-2-3-7-5-4-10-6(9)8-5/h2-4H2,1H3,(H,7,8,9). The molecule has 10 heavy (non-hydrogen) atoms. The molecule has 0 bridgehead atoms. The Morgan fingerprint density at radius 3 is 3.10 bits per heavy atom. The van der Waals surface area contributed by atoms with Crippen LogP contribution >= 0.6 is 11.8 Å². The van der Waals surface area contributed by atoms with Crippen molar-refractivity contribution >= 4 is 22.8 Å². The number of thioether (sulfide) groups is 1. The molecule has 0 aromatic rings. The molecule has 1 rings (SSSR count). The lowest BCUT2D eigenvalue weighted by Gasteiger charge is -1.92. The number of amides is 1. The van der Waals surface area contributed by atoms with Crippen LogP contribution in [0.1, 0.15) is 13.3 Å². The highest BCUT2D eigenvalue weighted by molar-refractivity contribution is 8.14. The van der Waals surface area contributed by atoms with Gasteiger partial charge >= 0.3 is 0 Å². The molecule has 0 aromatic carbocycles. The van der Waals surface area contributed by atoms with Crippen molar-refractivity contribution in [2.45, 2.75) is 13.3 Å². The lowest BCUT2D eigenvalue weighted by molar-refractivity contribution is 0.265. The fourth-order valence-electron chi connectivity index (χ4n) is 0.656. The molecule has 0 radical (unpaired) electrons. The largest absolute Gasteiger partial charge is 0.305 e. The van der Waals surface area contributed by atoms with Crippen LogP contribution in [-0.4, -0.2) is 23.4 Å². The lowest BCUT2D eigenvalue weighted by atomic mass is 10.5. The van der Waals surface area contributed by atoms with Gasteiger partial charge in [0.25, 0.3) is 5.24 Å². The van der Waals surface area contributed by atoms with Crippen LogP contribution in [0.15, 0.2) is 4.99 Å². The van der Waals surface area contributed by atoms with Gasteiger partial charge < -0.3 is 5.32 Å². The van der Waals surface area contributed by atoms with Crippen molar-refractivity contribution in [3.05, 3.63) is 0 Å². The van der Waals surface area contributed by atoms with Gasteiger partial charge in [0.15, 0.2) is 0 Å². The van der Waals surface area contributed by atoms with Crippen LogP contribution < -0.4 is 5.32 Å². The minimum atomic E-state index is 0.0230. The van der Waals surface area contributed by atoms with Gasteiger partial charge in [-0.1, -0.05) is 18.7 Å². The quantitative estimate of drug-likeness (QED) is 0.657. The summed E-state index contributed by atoms with van der Waals surface area (Å²) in [5, 5.41) is 2.69. The van der Waals surface area contributed by atoms with Crippen molar-refractivity contribution in [2.75, 3.05) is 12.3 Å². The monoisotopic (exact) mass is 158 g/mol. The third-order valence-electron chi connectivity index (χ3n) is 1.11. The molecule has 56 valence electrons. The van der Waals surface area contributed by atoms with Crippen LogP contribution in [0.25, 0.3) is 0 Å². The highest BCUT2D eigenvalue weighted by Gasteiger charge is 2.15. The van der Waals surface area contributed by atoms with Gasteiger partial charge in [-0.15, -0.1) is 0 Å². The first-order valence-corrected chi connectivity index (χ1v) is 4.28. The summed E-state index contributed by atoms with van der Waals surface area (Å²) in [6.45, 7) is 2.88. The molecular formula is C6H10N2OS. The average Bonchev–Trinajstić information content (AvgIpc) is 2.31. The Hall–Kier alpha value is -0.510. The molecule has 0 aromatic heterocycles. The van der Waals surface area contributed by atoms with E-state index in [0.717, 1.165) is 24.6 Å². The molecule has 4 heteroatoms. The molecule has 3 nitrogen and oxygen atoms in total. The van der Waals surface area contributed by atoms with E-state index in [1.54, 1.807) is 0 Å². The number of amidine groups is 1. The van der Waals surface area contributed by atoms with Gasteiger partial charge in [-0.25, -0.2) is 0 Å². The van der Waals surface area contributed by atoms with E-state index in [9.17, 15) is 4.79 Å². The molecule has 1 aliphatic rings. The van der Waals surface area contributed by atoms with Gasteiger partial charge in [0.05, 0.1) is 5.75 Å². The summed E-state index contributed by atoms with van der Waals surface area (Å²) >= 11 is 1.27. The van der Waals surface area contributed by atoms with Crippen LogP contribution in [0, 0.1) is 0 Å². The average molecular weight is 158 g/mol. The van der Waals surface area contributed by atoms with Crippen molar-refractivity contribution < 1.29 is 4.79 Å². The van der Waals surface area contributed by atoms with E-state index in [-0.39, 0.29) is 5.24 Å². The molecule has 0 atom stereocenters. The zero-order valence-electron chi connectivity index (χ0n) is 5.89. The Morgan fingerprint density at radius 2 is 2.60 bits per heavy atom. The van der Waals surface area contributed by atoms with E-state index in [4.69, 9.17) is 0 Å². The van der Waals surface area contributed by atoms with E-state index in [1.807, 2.05) is 0 Å². The fraction of sp³-hybridized carbons (Fsp3) is 0.667. The molecular weight excluding hydrogens is 148 g/mol. The molecule has 0 unspecified atom stereocenters. The van der Waals surface area contributed by atoms with Gasteiger partial charge in [-0.3, -0.25) is 9.79 Å². The van der Waals surface area contributed by atoms with Crippen molar-refractivity contribution in [1.29, 1.82) is 0 Å². The molecule has 1 N–H and O–H groups in total. The Bertz CT molecular complexity index is 167. The minimum Gasteiger partial charge on any atom is -0.305 e. The first-order valence-electron chi connectivity index (χ1n) is 3.30. The normalized spacial score (nSPS) is 21.7. The topological polar surface area (TPSA) is 41.5 Å². The Kier molecular flexibility index (Phi) is 2.74. The number of nitrogens with zero attached hydrogens (tertiary/aromatic N) is 1. The van der Waals surface area contributed by atoms with Gasteiger partial charge in [0.1, 0.15) is 5.84 Å². The highest BCUT2D eigenvalue weighted by Crippen LogP contribution is 2.08. The zero-order valence-corrected chi connectivity index (χ0v) is 6.70. The number of aliphatic imine (C=N–C) groups is 1. The second-order valence-corrected chi connectivity index (χ2v) is 2.98. The summed E-state index contributed by atoms with van der Waals surface area (Å²) in [6, 6.07) is 0. The van der Waals surface area contributed by atoms with Crippen molar-refractivity contribution in [1.82, 2.24) is 5.32 Å². The maximum atomic E-state index is 10.6. The maximum absolute atomic E-state index is 10.6. The third kappa shape index (κ3) is 2.02. The first-order chi connectivity index (χ1) is 4.83. The third-order valence-corrected chi connectivity index (χ3v) is 1.89. The molecule has 1 saturated heterocycles. The van der Waals surface area contributed by atoms with Crippen LogP contribution in [0.3, 0.4) is 0 Å². The Labute approximate surface area is 64.3 Å². The Balaban J connectivity index is 2.36. The molecule has 0 saturated carbocycles. The number of carbonyl (C=O) groups excluding carboxylic acids is 1. The Morgan fingerprint density at radius 1 is 1.80 bits per heavy atom. The fourth-order valence-corrected chi connectivity index (χ4v) is 1.28. The van der Waals surface area contributed by atoms with Crippen LogP contribution in [-0.2, 0) is 0 Å². The smallest absolute Gasteiger partial charge is 0.284 e. The van der Waals surface area contributed by atoms with Crippen molar-refractivity contribution in [3.8, 4) is 0 Å². The van der Waals surface area contributed by atoms with Crippen LogP contribution in [0.5, 0.6) is 0 Å². The summed E-state index contributed by atoms with van der Waals surface area (Å²) in [5.74, 6) is 1.55. The SMILES string of the molecule is CCCN=C1CSC(=O)N1. The number of hydrogen-bond donors (Lipinski definition) is 1. The second kappa shape index (κ2) is 3.61. The highest BCUT2D eigenvalue weighted by atomic mass is 32.2. The molecule has 1 heterocycles. The molecule has 1 amide bonds. The summed E-state index contributed by atoms with van der Waals surface area (Å²) in [4.78, 5) is 14.7. The number of nitrogens with one attached hydrogen (secondary N) is 1. The van der Waals surface area contributed by atoms with Gasteiger partial charge in [0.2, 0.25) is 0 Å². The van der Waals surface area contributed by atoms with Crippen LogP contribution in [0.2, 0.25) is 0 Å². The van der Waals surface area contributed by atoms with E-state index in [0.29, 0.717) is 0 Å². The van der Waals surface area contributed by atoms with Crippen LogP contribution in [0.4, 0.5) is 4.79 Å². The number of carbonyl (C=O) groups is 1. The predicted molar refractivity (Wildman–Crippen MR) is 43.6 cm³/mol. The second-order valence-electron chi connectivity index (χ2n) is 2.03. The summed E-state index contributed by atoms with van der Waals surface area (Å²) in [7, 11) is 0. The van der Waals surface area contributed by atoms with Crippen molar-refractivity contribution in [3.63, 3.8) is 0 Å². The zero-order chi connectivity index (χ0) is 7.40. The molecule has 1 aliphatic heterocycles. The van der Waals surface area contributed by atoms with Crippen molar-refractivity contribution in [2.24, 2.45) is 4.99 Å². The number of rotatable bonds is 2. The number of hydrogen-bond acceptors (Lipinski definition) is 3. The molecule has 1 fully saturated rings. The van der Waals surface area contributed by atoms with Gasteiger partial charge in [0, 0.05) is 6.54 Å². The summed E-state index contributed by atoms with van der Waals surface area (Å²) in [6.07, 6.45) is 1.03. The summed E-state index contributed by atoms with van der Waals surface area (Å²) < 4.78 is 0. The molecule has 0 aliphatic carbocycles. The first kappa shape index (κ1) is 7.60. The van der Waals surface area contributed by atoms with Gasteiger partial charge in [-0.05, 0) is 6.42 Å². The van der Waals surface area contributed by atoms with E-state index < -0.39 is 0 Å².